The smallest absolute Gasteiger partial charge is 0.0766 e. The largest absolute Gasteiger partial charge is 0.389 e. The van der Waals surface area contributed by atoms with E-state index < -0.39 is 5.60 Å². The van der Waals surface area contributed by atoms with Crippen LogP contribution in [-0.4, -0.2) is 48.3 Å². The lowest BCUT2D eigenvalue weighted by Crippen LogP contribution is -2.44. The molecule has 1 rings (SSSR count). The Morgan fingerprint density at radius 3 is 2.44 bits per heavy atom. The van der Waals surface area contributed by atoms with Gasteiger partial charge in [0.1, 0.15) is 0 Å². The van der Waals surface area contributed by atoms with Crippen LogP contribution < -0.4 is 5.32 Å². The molecule has 1 heterocycles. The van der Waals surface area contributed by atoms with E-state index in [4.69, 9.17) is 0 Å². The van der Waals surface area contributed by atoms with Gasteiger partial charge in [0.15, 0.2) is 0 Å². The van der Waals surface area contributed by atoms with Crippen LogP contribution in [0.25, 0.3) is 0 Å². The van der Waals surface area contributed by atoms with Crippen LogP contribution in [0.2, 0.25) is 0 Å². The fourth-order valence-electron chi connectivity index (χ4n) is 1.97. The fraction of sp³-hybridized carbons (Fsp3) is 1.00. The van der Waals surface area contributed by atoms with Gasteiger partial charge in [-0.15, -0.1) is 0 Å². The average molecular weight is 228 g/mol. The van der Waals surface area contributed by atoms with E-state index in [2.05, 4.69) is 24.1 Å². The average Bonchev–Trinajstić information content (AvgIpc) is 2.26. The fourth-order valence-corrected chi connectivity index (χ4v) is 1.97. The summed E-state index contributed by atoms with van der Waals surface area (Å²) in [6.07, 6.45) is 4.10. The molecular formula is C13H28N2O. The van der Waals surface area contributed by atoms with Crippen LogP contribution in [0.3, 0.4) is 0 Å². The van der Waals surface area contributed by atoms with E-state index >= 15 is 0 Å². The molecule has 1 atom stereocenters. The SMILES string of the molecule is CC(C)C(C)(O)CNCCN1CCCCC1. The zero-order valence-electron chi connectivity index (χ0n) is 11.1. The van der Waals surface area contributed by atoms with Crippen molar-refractivity contribution < 1.29 is 5.11 Å². The highest BCUT2D eigenvalue weighted by Crippen LogP contribution is 2.14. The topological polar surface area (TPSA) is 35.5 Å². The molecule has 1 aliphatic heterocycles. The minimum absolute atomic E-state index is 0.301. The molecule has 1 unspecified atom stereocenters. The number of rotatable bonds is 6. The van der Waals surface area contributed by atoms with Gasteiger partial charge < -0.3 is 15.3 Å². The maximum atomic E-state index is 10.1. The van der Waals surface area contributed by atoms with Crippen molar-refractivity contribution in [2.45, 2.75) is 45.6 Å². The van der Waals surface area contributed by atoms with Gasteiger partial charge in [-0.1, -0.05) is 20.3 Å². The second kappa shape index (κ2) is 6.58. The highest BCUT2D eigenvalue weighted by atomic mass is 16.3. The zero-order valence-corrected chi connectivity index (χ0v) is 11.1. The predicted molar refractivity (Wildman–Crippen MR) is 68.6 cm³/mol. The van der Waals surface area contributed by atoms with Crippen LogP contribution in [0.15, 0.2) is 0 Å². The molecule has 16 heavy (non-hydrogen) atoms. The van der Waals surface area contributed by atoms with Gasteiger partial charge in [-0.2, -0.15) is 0 Å². The summed E-state index contributed by atoms with van der Waals surface area (Å²) >= 11 is 0. The molecule has 3 nitrogen and oxygen atoms in total. The molecule has 0 aromatic heterocycles. The van der Waals surface area contributed by atoms with Gasteiger partial charge in [-0.3, -0.25) is 0 Å². The standard InChI is InChI=1S/C13H28N2O/c1-12(2)13(3,16)11-14-7-10-15-8-5-4-6-9-15/h12,14,16H,4-11H2,1-3H3. The summed E-state index contributed by atoms with van der Waals surface area (Å²) in [6.45, 7) is 11.3. The monoisotopic (exact) mass is 228 g/mol. The first-order valence-electron chi connectivity index (χ1n) is 6.68. The van der Waals surface area contributed by atoms with Gasteiger partial charge in [0.2, 0.25) is 0 Å². The van der Waals surface area contributed by atoms with Gasteiger partial charge in [0.25, 0.3) is 0 Å². The third-order valence-corrected chi connectivity index (χ3v) is 3.78. The molecule has 0 aromatic carbocycles. The van der Waals surface area contributed by atoms with Crippen molar-refractivity contribution in [2.24, 2.45) is 5.92 Å². The molecule has 0 radical (unpaired) electrons. The summed E-state index contributed by atoms with van der Waals surface area (Å²) in [7, 11) is 0. The Morgan fingerprint density at radius 2 is 1.88 bits per heavy atom. The molecule has 0 aromatic rings. The molecule has 0 amide bonds. The number of nitrogens with one attached hydrogen (secondary N) is 1. The van der Waals surface area contributed by atoms with E-state index in [1.54, 1.807) is 0 Å². The summed E-state index contributed by atoms with van der Waals surface area (Å²) in [5.41, 5.74) is -0.581. The van der Waals surface area contributed by atoms with E-state index in [-0.39, 0.29) is 0 Å². The number of hydrogen-bond acceptors (Lipinski definition) is 3. The van der Waals surface area contributed by atoms with E-state index in [1.807, 2.05) is 6.92 Å². The molecule has 0 saturated carbocycles. The van der Waals surface area contributed by atoms with Crippen LogP contribution in [0.1, 0.15) is 40.0 Å². The number of piperidine rings is 1. The number of hydrogen-bond donors (Lipinski definition) is 2. The van der Waals surface area contributed by atoms with Crippen molar-refractivity contribution in [3.8, 4) is 0 Å². The second-order valence-corrected chi connectivity index (χ2v) is 5.59. The van der Waals surface area contributed by atoms with Crippen LogP contribution in [0, 0.1) is 5.92 Å². The molecule has 0 aliphatic carbocycles. The van der Waals surface area contributed by atoms with Crippen LogP contribution in [0.4, 0.5) is 0 Å². The summed E-state index contributed by atoms with van der Waals surface area (Å²) in [5, 5.41) is 13.4. The molecular weight excluding hydrogens is 200 g/mol. The maximum absolute atomic E-state index is 10.1. The molecule has 96 valence electrons. The number of aliphatic hydroxyl groups is 1. The van der Waals surface area contributed by atoms with Crippen LogP contribution in [0.5, 0.6) is 0 Å². The highest BCUT2D eigenvalue weighted by molar-refractivity contribution is 4.79. The van der Waals surface area contributed by atoms with Crippen molar-refractivity contribution in [3.63, 3.8) is 0 Å². The lowest BCUT2D eigenvalue weighted by Gasteiger charge is -2.30. The minimum Gasteiger partial charge on any atom is -0.389 e. The molecule has 3 heteroatoms. The minimum atomic E-state index is -0.581. The Morgan fingerprint density at radius 1 is 1.25 bits per heavy atom. The summed E-state index contributed by atoms with van der Waals surface area (Å²) in [6, 6.07) is 0. The lowest BCUT2D eigenvalue weighted by molar-refractivity contribution is 0.0138. The predicted octanol–water partition coefficient (Wildman–Crippen LogP) is 1.47. The number of nitrogens with zero attached hydrogens (tertiary/aromatic N) is 1. The molecule has 0 bridgehead atoms. The van der Waals surface area contributed by atoms with Crippen molar-refractivity contribution in [1.29, 1.82) is 0 Å². The van der Waals surface area contributed by atoms with Crippen molar-refractivity contribution >= 4 is 0 Å². The van der Waals surface area contributed by atoms with E-state index in [1.165, 1.54) is 32.4 Å². The van der Waals surface area contributed by atoms with Crippen molar-refractivity contribution in [3.05, 3.63) is 0 Å². The Bertz CT molecular complexity index is 186. The van der Waals surface area contributed by atoms with Gasteiger partial charge in [0, 0.05) is 19.6 Å². The quantitative estimate of drug-likeness (QED) is 0.676. The highest BCUT2D eigenvalue weighted by Gasteiger charge is 2.23. The lowest BCUT2D eigenvalue weighted by atomic mass is 9.93. The second-order valence-electron chi connectivity index (χ2n) is 5.59. The first-order valence-corrected chi connectivity index (χ1v) is 6.68. The molecule has 0 spiro atoms. The summed E-state index contributed by atoms with van der Waals surface area (Å²) < 4.78 is 0. The Hall–Kier alpha value is -0.120. The van der Waals surface area contributed by atoms with Crippen LogP contribution in [-0.2, 0) is 0 Å². The summed E-state index contributed by atoms with van der Waals surface area (Å²) in [4.78, 5) is 2.51. The first kappa shape index (κ1) is 13.9. The Kier molecular flexibility index (Phi) is 5.73. The number of likely N-dealkylation sites (tertiary alicyclic amines) is 1. The summed E-state index contributed by atoms with van der Waals surface area (Å²) in [5.74, 6) is 0.301. The van der Waals surface area contributed by atoms with Gasteiger partial charge in [-0.25, -0.2) is 0 Å². The molecule has 1 saturated heterocycles. The Labute approximate surface area is 100 Å². The van der Waals surface area contributed by atoms with Crippen LogP contribution >= 0.6 is 0 Å². The molecule has 1 fully saturated rings. The maximum Gasteiger partial charge on any atom is 0.0766 e. The Balaban J connectivity index is 2.06. The van der Waals surface area contributed by atoms with Crippen molar-refractivity contribution in [1.82, 2.24) is 10.2 Å². The van der Waals surface area contributed by atoms with Gasteiger partial charge >= 0.3 is 0 Å². The first-order chi connectivity index (χ1) is 7.52. The molecule has 1 aliphatic rings. The van der Waals surface area contributed by atoms with Crippen molar-refractivity contribution in [2.75, 3.05) is 32.7 Å². The third kappa shape index (κ3) is 4.81. The van der Waals surface area contributed by atoms with E-state index in [9.17, 15) is 5.11 Å². The molecule has 2 N–H and O–H groups in total. The normalized spacial score (nSPS) is 22.3. The van der Waals surface area contributed by atoms with Gasteiger partial charge in [-0.05, 0) is 38.8 Å². The van der Waals surface area contributed by atoms with E-state index in [0.717, 1.165) is 13.1 Å². The zero-order chi connectivity index (χ0) is 12.0. The van der Waals surface area contributed by atoms with E-state index in [0.29, 0.717) is 12.5 Å². The third-order valence-electron chi connectivity index (χ3n) is 3.78. The van der Waals surface area contributed by atoms with Gasteiger partial charge in [0.05, 0.1) is 5.60 Å².